The Morgan fingerprint density at radius 2 is 1.31 bits per heavy atom. The summed E-state index contributed by atoms with van der Waals surface area (Å²) in [6.45, 7) is 4.68. The smallest absolute Gasteiger partial charge is 0.305 e. The van der Waals surface area contributed by atoms with Gasteiger partial charge in [-0.3, -0.25) is 9.59 Å². The van der Waals surface area contributed by atoms with Crippen molar-refractivity contribution < 1.29 is 23.8 Å². The number of fused-ring (bicyclic) bond motifs is 2. The number of thiophene rings is 2. The fourth-order valence-corrected chi connectivity index (χ4v) is 7.18. The van der Waals surface area contributed by atoms with Crippen molar-refractivity contribution in [1.29, 1.82) is 0 Å². The van der Waals surface area contributed by atoms with E-state index in [9.17, 15) is 9.59 Å². The van der Waals surface area contributed by atoms with Gasteiger partial charge in [0, 0.05) is 47.4 Å². The molecule has 5 aromatic rings. The molecular weight excluding hydrogens is 693 g/mol. The van der Waals surface area contributed by atoms with Gasteiger partial charge in [0.1, 0.15) is 38.0 Å². The predicted molar refractivity (Wildman–Crippen MR) is 194 cm³/mol. The Morgan fingerprint density at radius 3 is 1.88 bits per heavy atom. The molecule has 1 N–H and O–H groups in total. The molecule has 4 heterocycles. The van der Waals surface area contributed by atoms with Gasteiger partial charge in [0.25, 0.3) is 0 Å². The topological polar surface area (TPSA) is 125 Å². The van der Waals surface area contributed by atoms with Gasteiger partial charge < -0.3 is 19.5 Å². The van der Waals surface area contributed by atoms with Gasteiger partial charge in [-0.15, -0.1) is 22.7 Å². The molecule has 10 nitrogen and oxygen atoms in total. The number of aromatic nitrogens is 4. The SMILES string of the molecule is COC(=O)CCCCc1nc(Cl)c2cc(C)sc2n1.COC(=O)CCCCc1nc(NCc2ccc(OC)c(Cl)c2)c2cc(C)sc2n1. The van der Waals surface area contributed by atoms with E-state index in [0.717, 1.165) is 75.6 Å². The third-order valence-electron chi connectivity index (χ3n) is 7.27. The molecule has 0 saturated heterocycles. The standard InChI is InChI=1S/C21H24ClN3O3S.C13H15ClN2O2S/c1-13-10-15-20(23-12-14-8-9-17(27-2)16(22)11-14)24-18(25-21(15)29-13)6-4-5-7-19(26)28-3;1-8-7-9-12(14)15-10(16-13(9)19-8)5-3-4-6-11(17)18-2/h8-11H,4-7,12H2,1-3H3,(H,23,24,25);7H,3-6H2,1-2H3. The van der Waals surface area contributed by atoms with E-state index >= 15 is 0 Å². The quantitative estimate of drug-likeness (QED) is 0.0673. The van der Waals surface area contributed by atoms with E-state index in [0.29, 0.717) is 41.7 Å². The van der Waals surface area contributed by atoms with Gasteiger partial charge >= 0.3 is 11.9 Å². The van der Waals surface area contributed by atoms with Crippen molar-refractivity contribution >= 4 is 84.1 Å². The maximum Gasteiger partial charge on any atom is 0.305 e. The molecule has 0 radical (unpaired) electrons. The first kappa shape index (κ1) is 37.2. The van der Waals surface area contributed by atoms with Crippen LogP contribution in [0.1, 0.15) is 65.5 Å². The lowest BCUT2D eigenvalue weighted by Crippen LogP contribution is -2.06. The maximum absolute atomic E-state index is 11.3. The Labute approximate surface area is 298 Å². The van der Waals surface area contributed by atoms with E-state index in [-0.39, 0.29) is 11.9 Å². The Kier molecular flexibility index (Phi) is 14.2. The van der Waals surface area contributed by atoms with Gasteiger partial charge in [-0.2, -0.15) is 0 Å². The second-order valence-electron chi connectivity index (χ2n) is 11.0. The Balaban J connectivity index is 0.000000237. The number of ether oxygens (including phenoxy) is 3. The third kappa shape index (κ3) is 10.7. The van der Waals surface area contributed by atoms with Crippen LogP contribution in [0.25, 0.3) is 20.4 Å². The highest BCUT2D eigenvalue weighted by molar-refractivity contribution is 7.19. The van der Waals surface area contributed by atoms with Gasteiger partial charge in [-0.25, -0.2) is 19.9 Å². The molecule has 48 heavy (non-hydrogen) atoms. The van der Waals surface area contributed by atoms with Crippen molar-refractivity contribution in [3.8, 4) is 5.75 Å². The molecule has 0 spiro atoms. The largest absolute Gasteiger partial charge is 0.495 e. The van der Waals surface area contributed by atoms with Crippen molar-refractivity contribution in [1.82, 2.24) is 19.9 Å². The first-order valence-corrected chi connectivity index (χ1v) is 17.9. The number of hydrogen-bond donors (Lipinski definition) is 1. The molecule has 5 rings (SSSR count). The second kappa shape index (κ2) is 18.3. The second-order valence-corrected chi connectivity index (χ2v) is 14.2. The summed E-state index contributed by atoms with van der Waals surface area (Å²) in [7, 11) is 4.41. The lowest BCUT2D eigenvalue weighted by atomic mass is 10.2. The summed E-state index contributed by atoms with van der Waals surface area (Å²) < 4.78 is 14.5. The molecule has 0 aliphatic rings. The highest BCUT2D eigenvalue weighted by atomic mass is 35.5. The Bertz CT molecular complexity index is 1860. The molecule has 0 amide bonds. The van der Waals surface area contributed by atoms with E-state index in [1.54, 1.807) is 29.8 Å². The summed E-state index contributed by atoms with van der Waals surface area (Å²) in [5.74, 6) is 2.62. The molecule has 0 aliphatic heterocycles. The van der Waals surface area contributed by atoms with Crippen LogP contribution in [0.2, 0.25) is 10.2 Å². The number of halogens is 2. The summed E-state index contributed by atoms with van der Waals surface area (Å²) in [6.07, 6.45) is 5.50. The number of hydrogen-bond acceptors (Lipinski definition) is 12. The van der Waals surface area contributed by atoms with Gasteiger partial charge in [-0.05, 0) is 69.4 Å². The van der Waals surface area contributed by atoms with Crippen LogP contribution in [0, 0.1) is 13.8 Å². The summed E-state index contributed by atoms with van der Waals surface area (Å²) in [4.78, 5) is 44.7. The number of unbranched alkanes of at least 4 members (excludes halogenated alkanes) is 2. The van der Waals surface area contributed by atoms with Crippen molar-refractivity contribution in [2.45, 2.75) is 71.8 Å². The molecular formula is C34H39Cl2N5O5S2. The van der Waals surface area contributed by atoms with Crippen molar-refractivity contribution in [3.05, 3.63) is 67.5 Å². The van der Waals surface area contributed by atoms with Crippen molar-refractivity contribution in [2.24, 2.45) is 0 Å². The number of benzene rings is 1. The minimum Gasteiger partial charge on any atom is -0.495 e. The van der Waals surface area contributed by atoms with E-state index in [2.05, 4.69) is 37.7 Å². The minimum atomic E-state index is -0.184. The number of methoxy groups -OCH3 is 3. The summed E-state index contributed by atoms with van der Waals surface area (Å²) in [5.41, 5.74) is 1.04. The summed E-state index contributed by atoms with van der Waals surface area (Å²) in [5, 5.41) is 6.45. The normalized spacial score (nSPS) is 10.9. The molecule has 14 heteroatoms. The summed E-state index contributed by atoms with van der Waals surface area (Å²) in [6, 6.07) is 9.82. The number of anilines is 1. The first-order valence-electron chi connectivity index (χ1n) is 15.5. The molecule has 0 aliphatic carbocycles. The van der Waals surface area contributed by atoms with Crippen molar-refractivity contribution in [2.75, 3.05) is 26.6 Å². The molecule has 0 bridgehead atoms. The average molecular weight is 733 g/mol. The average Bonchev–Trinajstić information content (AvgIpc) is 3.65. The Hall–Kier alpha value is -3.58. The van der Waals surface area contributed by atoms with Crippen LogP contribution in [0.3, 0.4) is 0 Å². The zero-order valence-electron chi connectivity index (χ0n) is 27.7. The number of carbonyl (C=O) groups excluding carboxylic acids is 2. The van der Waals surface area contributed by atoms with Gasteiger partial charge in [0.05, 0.1) is 31.7 Å². The summed E-state index contributed by atoms with van der Waals surface area (Å²) >= 11 is 15.6. The van der Waals surface area contributed by atoms with Crippen LogP contribution in [0.15, 0.2) is 30.3 Å². The van der Waals surface area contributed by atoms with E-state index < -0.39 is 0 Å². The molecule has 256 valence electrons. The van der Waals surface area contributed by atoms with Crippen LogP contribution in [-0.2, 0) is 38.4 Å². The van der Waals surface area contributed by atoms with E-state index in [4.69, 9.17) is 37.9 Å². The molecule has 1 aromatic carbocycles. The van der Waals surface area contributed by atoms with Crippen molar-refractivity contribution in [3.63, 3.8) is 0 Å². The van der Waals surface area contributed by atoms with Crippen LogP contribution in [0.5, 0.6) is 5.75 Å². The van der Waals surface area contributed by atoms with Crippen LogP contribution in [0.4, 0.5) is 5.82 Å². The number of carbonyl (C=O) groups is 2. The van der Waals surface area contributed by atoms with Crippen LogP contribution >= 0.6 is 45.9 Å². The van der Waals surface area contributed by atoms with Crippen LogP contribution in [-0.4, -0.2) is 53.2 Å². The molecule has 0 unspecified atom stereocenters. The highest BCUT2D eigenvalue weighted by Gasteiger charge is 2.12. The zero-order valence-corrected chi connectivity index (χ0v) is 30.8. The number of rotatable bonds is 14. The number of aryl methyl sites for hydroxylation is 4. The Morgan fingerprint density at radius 1 is 0.750 bits per heavy atom. The van der Waals surface area contributed by atoms with Gasteiger partial charge in [0.2, 0.25) is 0 Å². The monoisotopic (exact) mass is 731 g/mol. The number of nitrogens with zero attached hydrogens (tertiary/aromatic N) is 4. The molecule has 0 atom stereocenters. The fraction of sp³-hybridized carbons (Fsp3) is 0.412. The number of esters is 2. The highest BCUT2D eigenvalue weighted by Crippen LogP contribution is 2.31. The predicted octanol–water partition coefficient (Wildman–Crippen LogP) is 8.70. The van der Waals surface area contributed by atoms with E-state index in [1.807, 2.05) is 31.2 Å². The lowest BCUT2D eigenvalue weighted by Gasteiger charge is -2.10. The first-order chi connectivity index (χ1) is 23.1. The molecule has 4 aromatic heterocycles. The maximum atomic E-state index is 11.3. The lowest BCUT2D eigenvalue weighted by molar-refractivity contribution is -0.141. The minimum absolute atomic E-state index is 0.178. The molecule has 0 saturated carbocycles. The number of nitrogens with one attached hydrogen (secondary N) is 1. The van der Waals surface area contributed by atoms with E-state index in [1.165, 1.54) is 24.0 Å². The van der Waals surface area contributed by atoms with Gasteiger partial charge in [0.15, 0.2) is 0 Å². The van der Waals surface area contributed by atoms with Crippen LogP contribution < -0.4 is 10.1 Å². The fourth-order valence-electron chi connectivity index (χ4n) is 4.81. The third-order valence-corrected chi connectivity index (χ3v) is 9.74. The molecule has 0 fully saturated rings. The zero-order chi connectivity index (χ0) is 34.6. The van der Waals surface area contributed by atoms with Gasteiger partial charge in [-0.1, -0.05) is 29.3 Å².